The van der Waals surface area contributed by atoms with E-state index in [9.17, 15) is 24.3 Å². The average Bonchev–Trinajstić information content (AvgIpc) is 3.36. The van der Waals surface area contributed by atoms with E-state index in [4.69, 9.17) is 16.0 Å². The summed E-state index contributed by atoms with van der Waals surface area (Å²) in [4.78, 5) is 50.2. The summed E-state index contributed by atoms with van der Waals surface area (Å²) in [5.74, 6) is -1.63. The van der Waals surface area contributed by atoms with Crippen LogP contribution in [0.25, 0.3) is 17.4 Å². The van der Waals surface area contributed by atoms with Crippen LogP contribution in [0.4, 0.5) is 10.5 Å². The zero-order valence-corrected chi connectivity index (χ0v) is 21.1. The van der Waals surface area contributed by atoms with Gasteiger partial charge in [-0.05, 0) is 74.0 Å². The smallest absolute Gasteiger partial charge is 0.335 e. The van der Waals surface area contributed by atoms with Crippen LogP contribution in [0.2, 0.25) is 5.02 Å². The number of furan rings is 1. The second-order valence-corrected chi connectivity index (χ2v) is 9.69. The number of nitrogens with zero attached hydrogens (tertiary/aromatic N) is 1. The lowest BCUT2D eigenvalue weighted by molar-refractivity contribution is -0.127. The van der Waals surface area contributed by atoms with Crippen LogP contribution in [0.15, 0.2) is 51.8 Å². The second-order valence-electron chi connectivity index (χ2n) is 8.29. The molecule has 1 saturated heterocycles. The summed E-state index contributed by atoms with van der Waals surface area (Å²) in [5, 5.41) is 11.7. The Hall–Kier alpha value is -3.82. The number of aryl methyl sites for hydroxylation is 3. The van der Waals surface area contributed by atoms with Gasteiger partial charge >= 0.3 is 5.97 Å². The van der Waals surface area contributed by atoms with Crippen molar-refractivity contribution in [3.05, 3.63) is 80.4 Å². The van der Waals surface area contributed by atoms with E-state index in [1.807, 2.05) is 32.9 Å². The van der Waals surface area contributed by atoms with Crippen molar-refractivity contribution in [2.24, 2.45) is 0 Å². The van der Waals surface area contributed by atoms with Crippen LogP contribution in [0.1, 0.15) is 32.8 Å². The fourth-order valence-corrected chi connectivity index (χ4v) is 4.92. The Balaban J connectivity index is 1.50. The Morgan fingerprint density at radius 2 is 1.78 bits per heavy atom. The van der Waals surface area contributed by atoms with Crippen LogP contribution in [0.5, 0.6) is 0 Å². The first-order chi connectivity index (χ1) is 17.0. The predicted molar refractivity (Wildman–Crippen MR) is 138 cm³/mol. The van der Waals surface area contributed by atoms with Gasteiger partial charge in [0.25, 0.3) is 11.1 Å². The van der Waals surface area contributed by atoms with Crippen molar-refractivity contribution in [2.75, 3.05) is 11.9 Å². The molecule has 1 aliphatic rings. The number of benzene rings is 2. The molecule has 1 fully saturated rings. The molecule has 0 bridgehead atoms. The first-order valence-electron chi connectivity index (χ1n) is 10.8. The van der Waals surface area contributed by atoms with E-state index < -0.39 is 29.6 Å². The number of thioether (sulfide) groups is 1. The van der Waals surface area contributed by atoms with Crippen molar-refractivity contribution in [1.29, 1.82) is 0 Å². The van der Waals surface area contributed by atoms with E-state index in [0.717, 1.165) is 21.6 Å². The molecule has 1 aromatic heterocycles. The normalized spacial score (nSPS) is 14.6. The molecule has 2 aromatic carbocycles. The molecule has 2 N–H and O–H groups in total. The highest BCUT2D eigenvalue weighted by molar-refractivity contribution is 8.18. The van der Waals surface area contributed by atoms with E-state index in [-0.39, 0.29) is 16.2 Å². The van der Waals surface area contributed by atoms with Crippen molar-refractivity contribution < 1.29 is 28.7 Å². The monoisotopic (exact) mass is 524 g/mol. The van der Waals surface area contributed by atoms with Crippen molar-refractivity contribution in [3.8, 4) is 11.3 Å². The van der Waals surface area contributed by atoms with Crippen molar-refractivity contribution in [3.63, 3.8) is 0 Å². The molecular weight excluding hydrogens is 504 g/mol. The minimum absolute atomic E-state index is 0.0442. The van der Waals surface area contributed by atoms with Crippen molar-refractivity contribution in [1.82, 2.24) is 4.90 Å². The first-order valence-corrected chi connectivity index (χ1v) is 12.0. The summed E-state index contributed by atoms with van der Waals surface area (Å²) < 4.78 is 5.73. The molecule has 0 saturated carbocycles. The van der Waals surface area contributed by atoms with Gasteiger partial charge in [-0.15, -0.1) is 0 Å². The highest BCUT2D eigenvalue weighted by Gasteiger charge is 2.36. The number of amides is 3. The van der Waals surface area contributed by atoms with Gasteiger partial charge in [-0.25, -0.2) is 4.79 Å². The van der Waals surface area contributed by atoms with Gasteiger partial charge in [0.2, 0.25) is 5.91 Å². The minimum Gasteiger partial charge on any atom is -0.478 e. The summed E-state index contributed by atoms with van der Waals surface area (Å²) in [6.45, 7) is 5.29. The molecule has 1 aliphatic heterocycles. The zero-order valence-electron chi connectivity index (χ0n) is 19.5. The third kappa shape index (κ3) is 5.22. The number of carboxylic acids is 1. The molecule has 0 unspecified atom stereocenters. The van der Waals surface area contributed by atoms with Crippen LogP contribution < -0.4 is 5.32 Å². The lowest BCUT2D eigenvalue weighted by atomic mass is 10.1. The van der Waals surface area contributed by atoms with Gasteiger partial charge in [-0.1, -0.05) is 29.3 Å². The molecule has 36 heavy (non-hydrogen) atoms. The number of nitrogens with one attached hydrogen (secondary N) is 1. The summed E-state index contributed by atoms with van der Waals surface area (Å²) in [7, 11) is 0. The van der Waals surface area contributed by atoms with Gasteiger partial charge in [-0.3, -0.25) is 19.3 Å². The molecule has 2 heterocycles. The lowest BCUT2D eigenvalue weighted by Gasteiger charge is -2.15. The molecule has 3 amide bonds. The molecule has 0 radical (unpaired) electrons. The SMILES string of the molecule is Cc1cc(C)c(NC(=O)CN2C(=O)S/C(=C\c3ccc(-c4cc(C(=O)O)ccc4Cl)o3)C2=O)c(C)c1. The largest absolute Gasteiger partial charge is 0.478 e. The van der Waals surface area contributed by atoms with E-state index in [1.54, 1.807) is 12.1 Å². The van der Waals surface area contributed by atoms with Gasteiger partial charge in [0.05, 0.1) is 15.5 Å². The number of rotatable bonds is 6. The van der Waals surface area contributed by atoms with E-state index >= 15 is 0 Å². The Morgan fingerprint density at radius 1 is 1.08 bits per heavy atom. The van der Waals surface area contributed by atoms with Crippen molar-refractivity contribution in [2.45, 2.75) is 20.8 Å². The fourth-order valence-electron chi connectivity index (χ4n) is 3.89. The van der Waals surface area contributed by atoms with Crippen LogP contribution >= 0.6 is 23.4 Å². The minimum atomic E-state index is -1.11. The topological polar surface area (TPSA) is 117 Å². The number of hydrogen-bond donors (Lipinski definition) is 2. The maximum absolute atomic E-state index is 12.8. The average molecular weight is 525 g/mol. The number of hydrogen-bond acceptors (Lipinski definition) is 6. The Kier molecular flexibility index (Phi) is 7.05. The molecule has 8 nitrogen and oxygen atoms in total. The Morgan fingerprint density at radius 3 is 2.44 bits per heavy atom. The van der Waals surface area contributed by atoms with Crippen LogP contribution in [0, 0.1) is 20.8 Å². The quantitative estimate of drug-likeness (QED) is 0.385. The van der Waals surface area contributed by atoms with Gasteiger partial charge in [0, 0.05) is 17.3 Å². The highest BCUT2D eigenvalue weighted by atomic mass is 35.5. The van der Waals surface area contributed by atoms with Crippen LogP contribution in [0.3, 0.4) is 0 Å². The summed E-state index contributed by atoms with van der Waals surface area (Å²) in [6, 6.07) is 11.3. The molecule has 0 atom stereocenters. The molecule has 0 spiro atoms. The lowest BCUT2D eigenvalue weighted by Crippen LogP contribution is -2.36. The van der Waals surface area contributed by atoms with E-state index in [1.165, 1.54) is 24.3 Å². The number of imide groups is 1. The summed E-state index contributed by atoms with van der Waals surface area (Å²) in [5.41, 5.74) is 3.92. The maximum atomic E-state index is 12.8. The number of carboxylic acid groups (broad SMARTS) is 1. The van der Waals surface area contributed by atoms with Gasteiger partial charge in [0.1, 0.15) is 18.1 Å². The van der Waals surface area contributed by atoms with Crippen molar-refractivity contribution >= 4 is 58.1 Å². The van der Waals surface area contributed by atoms with Crippen LogP contribution in [-0.2, 0) is 9.59 Å². The zero-order chi connectivity index (χ0) is 26.1. The third-order valence-corrected chi connectivity index (χ3v) is 6.73. The molecule has 3 aromatic rings. The Labute approximate surface area is 215 Å². The second kappa shape index (κ2) is 10.0. The van der Waals surface area contributed by atoms with Gasteiger partial charge in [-0.2, -0.15) is 0 Å². The number of carbonyl (C=O) groups is 4. The standard InChI is InChI=1S/C26H21ClN2O6S/c1-13-8-14(2)23(15(3)9-13)28-22(30)12-29-24(31)21(36-26(29)34)11-17-5-7-20(35-17)18-10-16(25(32)33)4-6-19(18)27/h4-11H,12H2,1-3H3,(H,28,30)(H,32,33)/b21-11-. The highest BCUT2D eigenvalue weighted by Crippen LogP contribution is 2.35. The third-order valence-electron chi connectivity index (χ3n) is 5.50. The predicted octanol–water partition coefficient (Wildman–Crippen LogP) is 5.90. The fraction of sp³-hybridized carbons (Fsp3) is 0.154. The first kappa shape index (κ1) is 25.3. The maximum Gasteiger partial charge on any atom is 0.335 e. The molecule has 0 aliphatic carbocycles. The molecule has 184 valence electrons. The number of anilines is 1. The Bertz CT molecular complexity index is 1440. The van der Waals surface area contributed by atoms with Gasteiger partial charge < -0.3 is 14.8 Å². The number of aromatic carboxylic acids is 1. The summed E-state index contributed by atoms with van der Waals surface area (Å²) in [6.07, 6.45) is 1.40. The van der Waals surface area contributed by atoms with E-state index in [0.29, 0.717) is 33.8 Å². The number of halogens is 1. The molecular formula is C26H21ClN2O6S. The van der Waals surface area contributed by atoms with Crippen LogP contribution in [-0.4, -0.2) is 39.6 Å². The van der Waals surface area contributed by atoms with Gasteiger partial charge in [0.15, 0.2) is 0 Å². The van der Waals surface area contributed by atoms with E-state index in [2.05, 4.69) is 5.32 Å². The number of carbonyl (C=O) groups excluding carboxylic acids is 3. The summed E-state index contributed by atoms with van der Waals surface area (Å²) >= 11 is 6.90. The molecule has 10 heteroatoms. The molecule has 4 rings (SSSR count).